The minimum atomic E-state index is -0.943. The first-order chi connectivity index (χ1) is 14.0. The van der Waals surface area contributed by atoms with E-state index in [9.17, 15) is 14.4 Å². The van der Waals surface area contributed by atoms with Crippen LogP contribution in [-0.2, 0) is 22.4 Å². The third-order valence-corrected chi connectivity index (χ3v) is 6.61. The zero-order chi connectivity index (χ0) is 20.4. The van der Waals surface area contributed by atoms with Gasteiger partial charge in [-0.25, -0.2) is 0 Å². The number of aryl methyl sites for hydroxylation is 1. The van der Waals surface area contributed by atoms with Gasteiger partial charge in [0.2, 0.25) is 5.91 Å². The van der Waals surface area contributed by atoms with E-state index in [0.717, 1.165) is 25.7 Å². The van der Waals surface area contributed by atoms with Crippen molar-refractivity contribution in [2.75, 3.05) is 5.32 Å². The van der Waals surface area contributed by atoms with Crippen LogP contribution in [0.5, 0.6) is 5.75 Å². The fraction of sp³-hybridized carbons (Fsp3) is 0.381. The Kier molecular flexibility index (Phi) is 5.53. The van der Waals surface area contributed by atoms with E-state index >= 15 is 0 Å². The Labute approximate surface area is 172 Å². The number of carbonyl (C=O) groups excluding carboxylic acids is 3. The van der Waals surface area contributed by atoms with Crippen LogP contribution in [0.15, 0.2) is 30.3 Å². The second kappa shape index (κ2) is 8.24. The molecule has 4 rings (SSSR count). The van der Waals surface area contributed by atoms with Gasteiger partial charge in [-0.1, -0.05) is 25.5 Å². The van der Waals surface area contributed by atoms with Gasteiger partial charge in [-0.05, 0) is 48.9 Å². The molecule has 3 N–H and O–H groups in total. The smallest absolute Gasteiger partial charge is 0.279 e. The molecule has 3 amide bonds. The summed E-state index contributed by atoms with van der Waals surface area (Å²) in [5.41, 5.74) is 6.65. The van der Waals surface area contributed by atoms with Crippen LogP contribution in [0, 0.1) is 5.92 Å². The molecule has 0 radical (unpaired) electrons. The predicted octanol–water partition coefficient (Wildman–Crippen LogP) is 2.81. The molecule has 2 aliphatic rings. The Morgan fingerprint density at radius 3 is 2.93 bits per heavy atom. The number of rotatable bonds is 4. The summed E-state index contributed by atoms with van der Waals surface area (Å²) < 4.78 is 5.60. The molecule has 2 heterocycles. The van der Waals surface area contributed by atoms with E-state index < -0.39 is 12.0 Å². The maximum atomic E-state index is 12.4. The Hall–Kier alpha value is -2.87. The molecule has 2 atom stereocenters. The van der Waals surface area contributed by atoms with Crippen LogP contribution < -0.4 is 20.9 Å². The van der Waals surface area contributed by atoms with Crippen LogP contribution in [0.1, 0.15) is 46.3 Å². The number of ether oxygens (including phenoxy) is 1. The number of amides is 3. The minimum absolute atomic E-state index is 0.195. The number of nitrogens with one attached hydrogen (secondary N) is 3. The molecule has 0 unspecified atom stereocenters. The first-order valence-corrected chi connectivity index (χ1v) is 10.6. The summed E-state index contributed by atoms with van der Waals surface area (Å²) in [5.74, 6) is -0.0278. The van der Waals surface area contributed by atoms with Gasteiger partial charge in [-0.15, -0.1) is 11.3 Å². The Morgan fingerprint density at radius 2 is 2.10 bits per heavy atom. The van der Waals surface area contributed by atoms with E-state index in [4.69, 9.17) is 4.74 Å². The molecule has 0 fully saturated rings. The average Bonchev–Trinajstić information content (AvgIpc) is 3.16. The number of hydrazine groups is 1. The second-order valence-corrected chi connectivity index (χ2v) is 8.51. The summed E-state index contributed by atoms with van der Waals surface area (Å²) in [6.45, 7) is 2.19. The molecule has 7 nitrogen and oxygen atoms in total. The molecule has 2 aromatic rings. The van der Waals surface area contributed by atoms with Crippen molar-refractivity contribution in [1.29, 1.82) is 0 Å². The van der Waals surface area contributed by atoms with Crippen LogP contribution in [0.25, 0.3) is 0 Å². The molecule has 29 heavy (non-hydrogen) atoms. The zero-order valence-electron chi connectivity index (χ0n) is 16.1. The van der Waals surface area contributed by atoms with Gasteiger partial charge in [0.15, 0.2) is 6.10 Å². The average molecular weight is 413 g/mol. The van der Waals surface area contributed by atoms with Crippen LogP contribution in [0.4, 0.5) is 5.69 Å². The van der Waals surface area contributed by atoms with Crippen molar-refractivity contribution in [3.05, 3.63) is 45.6 Å². The largest absolute Gasteiger partial charge is 0.478 e. The molecule has 0 saturated heterocycles. The number of hydrogen-bond acceptors (Lipinski definition) is 5. The molecule has 1 aromatic carbocycles. The van der Waals surface area contributed by atoms with Crippen molar-refractivity contribution in [1.82, 2.24) is 10.9 Å². The summed E-state index contributed by atoms with van der Waals surface area (Å²) in [6.07, 6.45) is 3.19. The van der Waals surface area contributed by atoms with E-state index in [1.807, 2.05) is 6.07 Å². The molecule has 1 aliphatic carbocycles. The van der Waals surface area contributed by atoms with Gasteiger partial charge in [0, 0.05) is 4.88 Å². The van der Waals surface area contributed by atoms with Gasteiger partial charge >= 0.3 is 0 Å². The first kappa shape index (κ1) is 19.4. The fourth-order valence-electron chi connectivity index (χ4n) is 3.69. The van der Waals surface area contributed by atoms with Crippen molar-refractivity contribution in [3.8, 4) is 5.75 Å². The normalized spacial score (nSPS) is 20.0. The summed E-state index contributed by atoms with van der Waals surface area (Å²) >= 11 is 1.48. The summed E-state index contributed by atoms with van der Waals surface area (Å²) in [6, 6.07) is 8.96. The number of anilines is 1. The topological polar surface area (TPSA) is 96.5 Å². The molecule has 152 valence electrons. The van der Waals surface area contributed by atoms with Crippen molar-refractivity contribution in [3.63, 3.8) is 0 Å². The lowest BCUT2D eigenvalue weighted by molar-refractivity contribution is -0.130. The fourth-order valence-corrected chi connectivity index (χ4v) is 4.80. The van der Waals surface area contributed by atoms with E-state index in [-0.39, 0.29) is 18.2 Å². The first-order valence-electron chi connectivity index (χ1n) is 9.80. The SMILES string of the molecule is CC[C@H]1CCc2sc(C(=O)NNC(=O)C[C@@H]3Oc4ccccc4NC3=O)cc2C1. The van der Waals surface area contributed by atoms with Crippen LogP contribution in [0.2, 0.25) is 0 Å². The van der Waals surface area contributed by atoms with E-state index in [2.05, 4.69) is 23.1 Å². The highest BCUT2D eigenvalue weighted by Gasteiger charge is 2.30. The molecule has 1 aliphatic heterocycles. The van der Waals surface area contributed by atoms with Crippen LogP contribution in [-0.4, -0.2) is 23.8 Å². The highest BCUT2D eigenvalue weighted by Crippen LogP contribution is 2.33. The van der Waals surface area contributed by atoms with E-state index in [1.54, 1.807) is 24.3 Å². The van der Waals surface area contributed by atoms with Crippen molar-refractivity contribution in [2.45, 2.75) is 45.1 Å². The molecule has 0 spiro atoms. The lowest BCUT2D eigenvalue weighted by Crippen LogP contribution is -2.46. The Bertz CT molecular complexity index is 955. The minimum Gasteiger partial charge on any atom is -0.478 e. The second-order valence-electron chi connectivity index (χ2n) is 7.37. The predicted molar refractivity (Wildman–Crippen MR) is 110 cm³/mol. The number of carbonyl (C=O) groups is 3. The monoisotopic (exact) mass is 413 g/mol. The zero-order valence-corrected chi connectivity index (χ0v) is 16.9. The summed E-state index contributed by atoms with van der Waals surface area (Å²) in [4.78, 5) is 38.6. The lowest BCUT2D eigenvalue weighted by atomic mass is 9.87. The lowest BCUT2D eigenvalue weighted by Gasteiger charge is -2.25. The van der Waals surface area contributed by atoms with E-state index in [0.29, 0.717) is 22.2 Å². The number of para-hydroxylation sites is 2. The van der Waals surface area contributed by atoms with Gasteiger partial charge in [-0.3, -0.25) is 25.2 Å². The van der Waals surface area contributed by atoms with Gasteiger partial charge in [-0.2, -0.15) is 0 Å². The summed E-state index contributed by atoms with van der Waals surface area (Å²) in [7, 11) is 0. The van der Waals surface area contributed by atoms with Crippen molar-refractivity contribution in [2.24, 2.45) is 5.92 Å². The molecule has 1 aromatic heterocycles. The number of thiophene rings is 1. The molecule has 8 heteroatoms. The van der Waals surface area contributed by atoms with Crippen molar-refractivity contribution >= 4 is 34.7 Å². The maximum Gasteiger partial charge on any atom is 0.279 e. The number of hydrogen-bond donors (Lipinski definition) is 3. The summed E-state index contributed by atoms with van der Waals surface area (Å²) in [5, 5.41) is 2.71. The molecular weight excluding hydrogens is 390 g/mol. The number of fused-ring (bicyclic) bond motifs is 2. The van der Waals surface area contributed by atoms with E-state index in [1.165, 1.54) is 21.8 Å². The maximum absolute atomic E-state index is 12.4. The highest BCUT2D eigenvalue weighted by atomic mass is 32.1. The molecular formula is C21H23N3O4S. The van der Waals surface area contributed by atoms with Gasteiger partial charge in [0.05, 0.1) is 17.0 Å². The van der Waals surface area contributed by atoms with Gasteiger partial charge in [0.1, 0.15) is 5.75 Å². The standard InChI is InChI=1S/C21H23N3O4S/c1-2-12-7-8-17-13(9-12)10-18(29-17)21(27)24-23-19(25)11-16-20(26)22-14-5-3-4-6-15(14)28-16/h3-6,10,12,16H,2,7-9,11H2,1H3,(H,22,26)(H,23,25)(H,24,27)/t12-,16-/m0/s1. The molecule has 0 saturated carbocycles. The van der Waals surface area contributed by atoms with Crippen molar-refractivity contribution < 1.29 is 19.1 Å². The quantitative estimate of drug-likeness (QED) is 0.672. The molecule has 0 bridgehead atoms. The third kappa shape index (κ3) is 4.27. The van der Waals surface area contributed by atoms with Crippen LogP contribution in [0.3, 0.4) is 0 Å². The Morgan fingerprint density at radius 1 is 1.28 bits per heavy atom. The van der Waals surface area contributed by atoms with Gasteiger partial charge in [0.25, 0.3) is 11.8 Å². The third-order valence-electron chi connectivity index (χ3n) is 5.38. The highest BCUT2D eigenvalue weighted by molar-refractivity contribution is 7.14. The number of benzene rings is 1. The Balaban J connectivity index is 1.30. The van der Waals surface area contributed by atoms with Gasteiger partial charge < -0.3 is 10.1 Å². The van der Waals surface area contributed by atoms with Crippen LogP contribution >= 0.6 is 11.3 Å².